The molecular weight excluding hydrogens is 258 g/mol. The van der Waals surface area contributed by atoms with E-state index in [1.165, 1.54) is 7.11 Å². The first-order valence-corrected chi connectivity index (χ1v) is 7.01. The lowest BCUT2D eigenvalue weighted by molar-refractivity contribution is -0.145. The lowest BCUT2D eigenvalue weighted by Crippen LogP contribution is -2.32. The fraction of sp³-hybridized carbons (Fsp3) is 0.643. The van der Waals surface area contributed by atoms with Gasteiger partial charge in [0.2, 0.25) is 0 Å². The lowest BCUT2D eigenvalue weighted by Gasteiger charge is -2.17. The zero-order valence-corrected chi connectivity index (χ0v) is 11.8. The number of ether oxygens (including phenoxy) is 1. The average molecular weight is 277 g/mol. The van der Waals surface area contributed by atoms with Gasteiger partial charge in [-0.2, -0.15) is 0 Å². The summed E-state index contributed by atoms with van der Waals surface area (Å²) in [6, 6.07) is 0.334. The molecule has 1 aromatic rings. The highest BCUT2D eigenvalue weighted by molar-refractivity contribution is 5.74. The minimum atomic E-state index is -0.210. The van der Waals surface area contributed by atoms with Crippen LogP contribution in [0.3, 0.4) is 0 Å². The van der Waals surface area contributed by atoms with E-state index in [0.29, 0.717) is 24.9 Å². The van der Waals surface area contributed by atoms with E-state index in [9.17, 15) is 9.59 Å². The molecule has 6 heteroatoms. The van der Waals surface area contributed by atoms with Gasteiger partial charge in [0.1, 0.15) is 0 Å². The van der Waals surface area contributed by atoms with Gasteiger partial charge in [-0.25, -0.2) is 4.98 Å². The van der Waals surface area contributed by atoms with Crippen LogP contribution in [0.25, 0.3) is 0 Å². The van der Waals surface area contributed by atoms with Crippen molar-refractivity contribution in [3.63, 3.8) is 0 Å². The zero-order chi connectivity index (χ0) is 14.3. The molecule has 1 aliphatic heterocycles. The Balaban J connectivity index is 1.86. The number of rotatable bonds is 3. The number of esters is 1. The van der Waals surface area contributed by atoms with Gasteiger partial charge in [-0.05, 0) is 18.8 Å². The van der Waals surface area contributed by atoms with Crippen molar-refractivity contribution in [2.75, 3.05) is 25.1 Å². The first kappa shape index (κ1) is 13.1. The smallest absolute Gasteiger partial charge is 0.310 e. The van der Waals surface area contributed by atoms with Crippen LogP contribution >= 0.6 is 0 Å². The van der Waals surface area contributed by atoms with E-state index >= 15 is 0 Å². The van der Waals surface area contributed by atoms with Crippen molar-refractivity contribution in [1.82, 2.24) is 9.55 Å². The molecule has 1 aromatic heterocycles. The first-order chi connectivity index (χ1) is 9.61. The summed E-state index contributed by atoms with van der Waals surface area (Å²) in [5.74, 6) is 0.227. The maximum atomic E-state index is 12.4. The molecule has 0 radical (unpaired) electrons. The van der Waals surface area contributed by atoms with Crippen molar-refractivity contribution in [3.05, 3.63) is 22.7 Å². The Kier molecular flexibility index (Phi) is 3.23. The van der Waals surface area contributed by atoms with Gasteiger partial charge < -0.3 is 14.2 Å². The van der Waals surface area contributed by atoms with Crippen LogP contribution in [-0.4, -0.2) is 35.7 Å². The average Bonchev–Trinajstić information content (AvgIpc) is 3.21. The van der Waals surface area contributed by atoms with Crippen LogP contribution in [-0.2, 0) is 9.53 Å². The minimum absolute atomic E-state index is 0.0484. The van der Waals surface area contributed by atoms with Gasteiger partial charge in [-0.1, -0.05) is 6.92 Å². The second-order valence-electron chi connectivity index (χ2n) is 5.71. The van der Waals surface area contributed by atoms with Crippen molar-refractivity contribution >= 4 is 11.8 Å². The van der Waals surface area contributed by atoms with Crippen LogP contribution in [0, 0.1) is 11.8 Å². The molecular formula is C14H19N3O3. The van der Waals surface area contributed by atoms with Crippen molar-refractivity contribution in [3.8, 4) is 0 Å². The maximum absolute atomic E-state index is 12.4. The van der Waals surface area contributed by atoms with Gasteiger partial charge in [0.15, 0.2) is 5.82 Å². The maximum Gasteiger partial charge on any atom is 0.310 e. The fourth-order valence-electron chi connectivity index (χ4n) is 2.87. The minimum Gasteiger partial charge on any atom is -0.469 e. The molecule has 0 bridgehead atoms. The highest BCUT2D eigenvalue weighted by Crippen LogP contribution is 2.34. The van der Waals surface area contributed by atoms with Crippen LogP contribution in [0.1, 0.15) is 25.8 Å². The third kappa shape index (κ3) is 2.19. The first-order valence-electron chi connectivity index (χ1n) is 7.01. The molecule has 1 saturated heterocycles. The van der Waals surface area contributed by atoms with E-state index in [-0.39, 0.29) is 23.4 Å². The molecule has 0 spiro atoms. The van der Waals surface area contributed by atoms with Gasteiger partial charge in [0, 0.05) is 31.5 Å². The lowest BCUT2D eigenvalue weighted by atomic mass is 9.99. The number of anilines is 1. The van der Waals surface area contributed by atoms with E-state index < -0.39 is 0 Å². The normalized spacial score (nSPS) is 25.8. The predicted molar refractivity (Wildman–Crippen MR) is 73.7 cm³/mol. The largest absolute Gasteiger partial charge is 0.469 e. The topological polar surface area (TPSA) is 64.4 Å². The quantitative estimate of drug-likeness (QED) is 0.765. The summed E-state index contributed by atoms with van der Waals surface area (Å²) >= 11 is 0. The fourth-order valence-corrected chi connectivity index (χ4v) is 2.87. The zero-order valence-electron chi connectivity index (χ0n) is 11.8. The van der Waals surface area contributed by atoms with Crippen molar-refractivity contribution in [1.29, 1.82) is 0 Å². The van der Waals surface area contributed by atoms with Crippen LogP contribution in [0.4, 0.5) is 5.82 Å². The molecule has 0 N–H and O–H groups in total. The molecule has 2 heterocycles. The molecule has 20 heavy (non-hydrogen) atoms. The Morgan fingerprint density at radius 2 is 2.15 bits per heavy atom. The number of hydrogen-bond donors (Lipinski definition) is 0. The van der Waals surface area contributed by atoms with Gasteiger partial charge in [0.25, 0.3) is 5.56 Å². The molecule has 2 unspecified atom stereocenters. The number of carbonyl (C=O) groups is 1. The Hall–Kier alpha value is -1.85. The number of methoxy groups -OCH3 is 1. The molecule has 108 valence electrons. The summed E-state index contributed by atoms with van der Waals surface area (Å²) in [6.07, 6.45) is 5.54. The van der Waals surface area contributed by atoms with Gasteiger partial charge in [-0.3, -0.25) is 9.59 Å². The summed E-state index contributed by atoms with van der Waals surface area (Å²) in [6.45, 7) is 3.17. The molecule has 1 saturated carbocycles. The number of aromatic nitrogens is 2. The standard InChI is InChI=1S/C14H19N3O3/c1-9-7-16(8-11(9)14(19)20-2)12-13(18)17(6-5-15-12)10-3-4-10/h5-6,9-11H,3-4,7-8H2,1-2H3. The number of hydrogen-bond acceptors (Lipinski definition) is 5. The molecule has 0 aromatic carbocycles. The number of carbonyl (C=O) groups excluding carboxylic acids is 1. The molecule has 2 atom stereocenters. The van der Waals surface area contributed by atoms with Gasteiger partial charge in [-0.15, -0.1) is 0 Å². The van der Waals surface area contributed by atoms with Crippen LogP contribution in [0.2, 0.25) is 0 Å². The van der Waals surface area contributed by atoms with Gasteiger partial charge >= 0.3 is 5.97 Å². The highest BCUT2D eigenvalue weighted by Gasteiger charge is 2.37. The van der Waals surface area contributed by atoms with Crippen LogP contribution in [0.15, 0.2) is 17.2 Å². The summed E-state index contributed by atoms with van der Waals surface area (Å²) in [5, 5.41) is 0. The summed E-state index contributed by atoms with van der Waals surface area (Å²) in [4.78, 5) is 30.3. The third-order valence-corrected chi connectivity index (χ3v) is 4.21. The molecule has 2 aliphatic rings. The Bertz CT molecular complexity index is 579. The third-order valence-electron chi connectivity index (χ3n) is 4.21. The second kappa shape index (κ2) is 4.92. The van der Waals surface area contributed by atoms with E-state index in [1.807, 2.05) is 11.8 Å². The van der Waals surface area contributed by atoms with Crippen molar-refractivity contribution < 1.29 is 9.53 Å². The van der Waals surface area contributed by atoms with Gasteiger partial charge in [0.05, 0.1) is 13.0 Å². The Labute approximate surface area is 117 Å². The van der Waals surface area contributed by atoms with E-state index in [2.05, 4.69) is 4.98 Å². The molecule has 2 fully saturated rings. The van der Waals surface area contributed by atoms with E-state index in [0.717, 1.165) is 12.8 Å². The highest BCUT2D eigenvalue weighted by atomic mass is 16.5. The predicted octanol–water partition coefficient (Wildman–Crippen LogP) is 0.823. The van der Waals surface area contributed by atoms with E-state index in [4.69, 9.17) is 4.74 Å². The van der Waals surface area contributed by atoms with Crippen LogP contribution in [0.5, 0.6) is 0 Å². The summed E-state index contributed by atoms with van der Waals surface area (Å²) in [7, 11) is 1.40. The Morgan fingerprint density at radius 3 is 2.80 bits per heavy atom. The van der Waals surface area contributed by atoms with Crippen LogP contribution < -0.4 is 10.5 Å². The van der Waals surface area contributed by atoms with Crippen molar-refractivity contribution in [2.45, 2.75) is 25.8 Å². The Morgan fingerprint density at radius 1 is 1.40 bits per heavy atom. The monoisotopic (exact) mass is 277 g/mol. The molecule has 3 rings (SSSR count). The summed E-state index contributed by atoms with van der Waals surface area (Å²) in [5.41, 5.74) is -0.0484. The van der Waals surface area contributed by atoms with Crippen molar-refractivity contribution in [2.24, 2.45) is 11.8 Å². The molecule has 0 amide bonds. The van der Waals surface area contributed by atoms with E-state index in [1.54, 1.807) is 17.0 Å². The molecule has 1 aliphatic carbocycles. The molecule has 6 nitrogen and oxygen atoms in total. The summed E-state index contributed by atoms with van der Waals surface area (Å²) < 4.78 is 6.58. The number of nitrogens with zero attached hydrogens (tertiary/aromatic N) is 3. The SMILES string of the molecule is COC(=O)C1CN(c2nccn(C3CC3)c2=O)CC1C. The second-order valence-corrected chi connectivity index (χ2v) is 5.71.